The molecule has 0 aliphatic heterocycles. The summed E-state index contributed by atoms with van der Waals surface area (Å²) in [5.41, 5.74) is 0.376. The van der Waals surface area contributed by atoms with Crippen LogP contribution in [0.4, 0.5) is 5.69 Å². The first kappa shape index (κ1) is 13.6. The van der Waals surface area contributed by atoms with Crippen molar-refractivity contribution in [3.8, 4) is 11.8 Å². The molecule has 0 radical (unpaired) electrons. The molecule has 1 rings (SSSR count). The molecule has 0 spiro atoms. The van der Waals surface area contributed by atoms with Gasteiger partial charge in [0.15, 0.2) is 0 Å². The Morgan fingerprint density at radius 2 is 1.71 bits per heavy atom. The molecule has 0 aliphatic carbocycles. The second-order valence-electron chi connectivity index (χ2n) is 5.60. The minimum absolute atomic E-state index is 0.554. The molecule has 0 atom stereocenters. The average molecular weight is 248 g/mol. The van der Waals surface area contributed by atoms with E-state index >= 15 is 0 Å². The van der Waals surface area contributed by atoms with Gasteiger partial charge in [-0.1, -0.05) is 0 Å². The zero-order valence-corrected chi connectivity index (χ0v) is 12.2. The van der Waals surface area contributed by atoms with E-state index in [2.05, 4.69) is 31.0 Å². The Hall–Kier alpha value is -1.47. The minimum atomic E-state index is -1.54. The predicted octanol–water partition coefficient (Wildman–Crippen LogP) is 3.61. The Morgan fingerprint density at radius 3 is 2.12 bits per heavy atom. The molecule has 0 amide bonds. The minimum Gasteiger partial charge on any atom is -0.544 e. The molecule has 92 valence electrons. The van der Waals surface area contributed by atoms with E-state index in [-0.39, 0.29) is 0 Å². The van der Waals surface area contributed by atoms with Crippen LogP contribution in [0.1, 0.15) is 13.8 Å². The fourth-order valence-corrected chi connectivity index (χ4v) is 2.19. The van der Waals surface area contributed by atoms with Crippen molar-refractivity contribution in [2.75, 3.05) is 5.32 Å². The molecular formula is C13H20N2OSi. The molecule has 0 fully saturated rings. The van der Waals surface area contributed by atoms with Gasteiger partial charge in [-0.05, 0) is 57.8 Å². The molecular weight excluding hydrogens is 228 g/mol. The quantitative estimate of drug-likeness (QED) is 0.828. The number of nitrogens with zero attached hydrogens (tertiary/aromatic N) is 1. The van der Waals surface area contributed by atoms with Crippen LogP contribution in [-0.4, -0.2) is 13.9 Å². The van der Waals surface area contributed by atoms with Gasteiger partial charge in [-0.3, -0.25) is 0 Å². The second kappa shape index (κ2) is 4.80. The van der Waals surface area contributed by atoms with Gasteiger partial charge < -0.3 is 9.74 Å². The van der Waals surface area contributed by atoms with Crippen LogP contribution < -0.4 is 9.74 Å². The molecule has 0 bridgehead atoms. The lowest BCUT2D eigenvalue weighted by molar-refractivity contribution is 0.557. The third kappa shape index (κ3) is 4.92. The van der Waals surface area contributed by atoms with Gasteiger partial charge in [0.2, 0.25) is 8.32 Å². The summed E-state index contributed by atoms with van der Waals surface area (Å²) in [4.78, 5) is 0. The van der Waals surface area contributed by atoms with Crippen LogP contribution in [0.15, 0.2) is 24.3 Å². The first-order valence-corrected chi connectivity index (χ1v) is 9.11. The Kier molecular flexibility index (Phi) is 3.84. The van der Waals surface area contributed by atoms with Crippen LogP contribution >= 0.6 is 0 Å². The third-order valence-electron chi connectivity index (χ3n) is 2.01. The molecule has 17 heavy (non-hydrogen) atoms. The molecule has 1 aromatic carbocycles. The SMILES string of the molecule is CC(C)(C#N)Nc1ccc(O[Si](C)(C)C)cc1. The average Bonchev–Trinajstić information content (AvgIpc) is 2.19. The molecule has 0 heterocycles. The number of rotatable bonds is 4. The van der Waals surface area contributed by atoms with Gasteiger partial charge in [-0.2, -0.15) is 5.26 Å². The Balaban J connectivity index is 2.73. The van der Waals surface area contributed by atoms with Crippen molar-refractivity contribution in [1.29, 1.82) is 5.26 Å². The number of anilines is 1. The van der Waals surface area contributed by atoms with E-state index in [4.69, 9.17) is 9.69 Å². The highest BCUT2D eigenvalue weighted by molar-refractivity contribution is 6.70. The number of hydrogen-bond acceptors (Lipinski definition) is 3. The fraction of sp³-hybridized carbons (Fsp3) is 0.462. The van der Waals surface area contributed by atoms with Crippen LogP contribution in [0, 0.1) is 11.3 Å². The number of benzene rings is 1. The molecule has 1 N–H and O–H groups in total. The maximum Gasteiger partial charge on any atom is 0.242 e. The Bertz CT molecular complexity index is 413. The standard InChI is InChI=1S/C13H20N2OSi/c1-13(2,10-14)15-11-6-8-12(9-7-11)16-17(3,4)5/h6-9,15H,1-5H3. The largest absolute Gasteiger partial charge is 0.544 e. The summed E-state index contributed by atoms with van der Waals surface area (Å²) < 4.78 is 5.86. The highest BCUT2D eigenvalue weighted by Crippen LogP contribution is 2.21. The first-order chi connectivity index (χ1) is 7.72. The Morgan fingerprint density at radius 1 is 1.18 bits per heavy atom. The summed E-state index contributed by atoms with van der Waals surface area (Å²) >= 11 is 0. The van der Waals surface area contributed by atoms with Crippen molar-refractivity contribution < 1.29 is 4.43 Å². The summed E-state index contributed by atoms with van der Waals surface area (Å²) in [6.07, 6.45) is 0. The van der Waals surface area contributed by atoms with Crippen LogP contribution in [0.5, 0.6) is 5.75 Å². The van der Waals surface area contributed by atoms with Crippen LogP contribution in [0.2, 0.25) is 19.6 Å². The van der Waals surface area contributed by atoms with E-state index in [0.717, 1.165) is 11.4 Å². The van der Waals surface area contributed by atoms with Crippen molar-refractivity contribution in [1.82, 2.24) is 0 Å². The number of hydrogen-bond donors (Lipinski definition) is 1. The summed E-state index contributed by atoms with van der Waals surface area (Å²) in [6, 6.07) is 9.96. The normalized spacial score (nSPS) is 11.8. The van der Waals surface area contributed by atoms with Crippen molar-refractivity contribution in [2.24, 2.45) is 0 Å². The van der Waals surface area contributed by atoms with E-state index in [1.807, 2.05) is 38.1 Å². The molecule has 0 saturated heterocycles. The second-order valence-corrected chi connectivity index (χ2v) is 10.0. The van der Waals surface area contributed by atoms with Crippen molar-refractivity contribution in [3.05, 3.63) is 24.3 Å². The molecule has 0 aromatic heterocycles. The highest BCUT2D eigenvalue weighted by Gasteiger charge is 2.17. The van der Waals surface area contributed by atoms with Gasteiger partial charge in [-0.15, -0.1) is 0 Å². The number of nitriles is 1. The fourth-order valence-electron chi connectivity index (χ4n) is 1.35. The van der Waals surface area contributed by atoms with Crippen LogP contribution in [0.3, 0.4) is 0 Å². The zero-order valence-electron chi connectivity index (χ0n) is 11.2. The zero-order chi connectivity index (χ0) is 13.1. The van der Waals surface area contributed by atoms with Crippen molar-refractivity contribution in [3.63, 3.8) is 0 Å². The monoisotopic (exact) mass is 248 g/mol. The van der Waals surface area contributed by atoms with E-state index in [0.29, 0.717) is 0 Å². The van der Waals surface area contributed by atoms with E-state index < -0.39 is 13.9 Å². The third-order valence-corrected chi connectivity index (χ3v) is 2.86. The topological polar surface area (TPSA) is 45.0 Å². The van der Waals surface area contributed by atoms with Crippen LogP contribution in [-0.2, 0) is 0 Å². The lowest BCUT2D eigenvalue weighted by Gasteiger charge is -2.21. The summed E-state index contributed by atoms with van der Waals surface area (Å²) in [5, 5.41) is 12.1. The van der Waals surface area contributed by atoms with Crippen molar-refractivity contribution >= 4 is 14.0 Å². The summed E-state index contributed by atoms with van der Waals surface area (Å²) in [6.45, 7) is 10.1. The van der Waals surface area contributed by atoms with Gasteiger partial charge >= 0.3 is 0 Å². The smallest absolute Gasteiger partial charge is 0.242 e. The Labute approximate surface area is 105 Å². The number of nitrogens with one attached hydrogen (secondary N) is 1. The van der Waals surface area contributed by atoms with Crippen LogP contribution in [0.25, 0.3) is 0 Å². The lowest BCUT2D eigenvalue weighted by atomic mass is 10.1. The van der Waals surface area contributed by atoms with Gasteiger partial charge in [0.1, 0.15) is 11.3 Å². The predicted molar refractivity (Wildman–Crippen MR) is 73.7 cm³/mol. The van der Waals surface area contributed by atoms with Gasteiger partial charge in [0.25, 0.3) is 0 Å². The molecule has 0 aliphatic rings. The summed E-state index contributed by atoms with van der Waals surface area (Å²) in [5.74, 6) is 0.893. The molecule has 0 saturated carbocycles. The maximum absolute atomic E-state index is 8.93. The van der Waals surface area contributed by atoms with Gasteiger partial charge in [0.05, 0.1) is 6.07 Å². The first-order valence-electron chi connectivity index (χ1n) is 5.70. The lowest BCUT2D eigenvalue weighted by Crippen LogP contribution is -2.29. The van der Waals surface area contributed by atoms with Crippen molar-refractivity contribution in [2.45, 2.75) is 39.0 Å². The van der Waals surface area contributed by atoms with E-state index in [1.165, 1.54) is 0 Å². The van der Waals surface area contributed by atoms with Gasteiger partial charge in [0, 0.05) is 5.69 Å². The van der Waals surface area contributed by atoms with E-state index in [1.54, 1.807) is 0 Å². The molecule has 0 unspecified atom stereocenters. The molecule has 4 heteroatoms. The maximum atomic E-state index is 8.93. The van der Waals surface area contributed by atoms with Gasteiger partial charge in [-0.25, -0.2) is 0 Å². The molecule has 1 aromatic rings. The molecule has 3 nitrogen and oxygen atoms in total. The highest BCUT2D eigenvalue weighted by atomic mass is 28.4. The van der Waals surface area contributed by atoms with E-state index in [9.17, 15) is 0 Å². The summed E-state index contributed by atoms with van der Waals surface area (Å²) in [7, 11) is -1.54.